The van der Waals surface area contributed by atoms with Crippen molar-refractivity contribution in [3.63, 3.8) is 0 Å². The van der Waals surface area contributed by atoms with Gasteiger partial charge in [-0.05, 0) is 49.2 Å². The largest absolute Gasteiger partial charge is 0.480 e. The number of fused-ring (bicyclic) bond motifs is 1. The van der Waals surface area contributed by atoms with Crippen molar-refractivity contribution in [1.82, 2.24) is 0 Å². The molecule has 1 aliphatic heterocycles. The summed E-state index contributed by atoms with van der Waals surface area (Å²) in [5.41, 5.74) is 3.26. The Hall–Kier alpha value is -2.73. The second-order valence-corrected chi connectivity index (χ2v) is 5.74. The molecule has 0 bridgehead atoms. The summed E-state index contributed by atoms with van der Waals surface area (Å²) in [5.74, 6) is -1.96. The maximum atomic E-state index is 13.6. The zero-order chi connectivity index (χ0) is 17.4. The molecule has 24 heavy (non-hydrogen) atoms. The highest BCUT2D eigenvalue weighted by atomic mass is 19.1. The summed E-state index contributed by atoms with van der Waals surface area (Å²) in [6.07, 6.45) is -0.898. The molecule has 0 aromatic heterocycles. The summed E-state index contributed by atoms with van der Waals surface area (Å²) in [5, 5.41) is 8.90. The molecule has 0 spiro atoms. The first-order valence-electron chi connectivity index (χ1n) is 7.42. The molecular weight excluding hydrogens is 313 g/mol. The minimum atomic E-state index is -1.14. The molecule has 2 aromatic carbocycles. The number of carbonyl (C=O) groups is 2. The third-order valence-corrected chi connectivity index (χ3v) is 4.07. The lowest BCUT2D eigenvalue weighted by Crippen LogP contribution is -2.30. The highest BCUT2D eigenvalue weighted by Crippen LogP contribution is 2.39. The highest BCUT2D eigenvalue weighted by Gasteiger charge is 2.39. The average Bonchev–Trinajstić information content (AvgIpc) is 2.78. The molecule has 1 heterocycles. The molecule has 1 N–H and O–H groups in total. The smallest absolute Gasteiger partial charge is 0.329 e. The fourth-order valence-corrected chi connectivity index (χ4v) is 2.80. The van der Waals surface area contributed by atoms with Crippen LogP contribution in [0.1, 0.15) is 33.3 Å². The number of hydrogen-bond donors (Lipinski definition) is 1. The van der Waals surface area contributed by atoms with Gasteiger partial charge < -0.3 is 9.84 Å². The number of nitrogens with zero attached hydrogens (tertiary/aromatic N) is 1. The number of halogens is 1. The number of anilines is 1. The number of rotatable bonds is 4. The van der Waals surface area contributed by atoms with Crippen molar-refractivity contribution in [2.45, 2.75) is 20.1 Å². The minimum absolute atomic E-state index is 0.321. The Labute approximate surface area is 138 Å². The van der Waals surface area contributed by atoms with Gasteiger partial charge in [0.2, 0.25) is 0 Å². The molecule has 1 aliphatic rings. The van der Waals surface area contributed by atoms with E-state index in [2.05, 4.69) is 0 Å². The first-order chi connectivity index (χ1) is 11.4. The van der Waals surface area contributed by atoms with E-state index in [9.17, 15) is 14.0 Å². The molecule has 0 radical (unpaired) electrons. The van der Waals surface area contributed by atoms with Crippen LogP contribution in [0.3, 0.4) is 0 Å². The summed E-state index contributed by atoms with van der Waals surface area (Å²) < 4.78 is 19.0. The van der Waals surface area contributed by atoms with E-state index in [1.54, 1.807) is 12.1 Å². The van der Waals surface area contributed by atoms with Gasteiger partial charge in [0.05, 0.1) is 0 Å². The van der Waals surface area contributed by atoms with Crippen LogP contribution in [-0.4, -0.2) is 23.6 Å². The van der Waals surface area contributed by atoms with Crippen LogP contribution in [-0.2, 0) is 9.53 Å². The molecule has 1 atom stereocenters. The number of hydrogen-bond acceptors (Lipinski definition) is 3. The molecule has 0 saturated carbocycles. The van der Waals surface area contributed by atoms with Crippen LogP contribution >= 0.6 is 0 Å². The first-order valence-corrected chi connectivity index (χ1v) is 7.42. The van der Waals surface area contributed by atoms with E-state index >= 15 is 0 Å². The number of carboxylic acids is 1. The van der Waals surface area contributed by atoms with Crippen LogP contribution in [0.4, 0.5) is 10.1 Å². The maximum absolute atomic E-state index is 13.6. The van der Waals surface area contributed by atoms with Crippen LogP contribution < -0.4 is 4.90 Å². The third-order valence-electron chi connectivity index (χ3n) is 4.07. The van der Waals surface area contributed by atoms with Gasteiger partial charge in [0.1, 0.15) is 12.4 Å². The number of aryl methyl sites for hydroxylation is 2. The van der Waals surface area contributed by atoms with Crippen molar-refractivity contribution in [3.8, 4) is 0 Å². The number of carbonyl (C=O) groups excluding carboxylic acids is 1. The quantitative estimate of drug-likeness (QED) is 0.935. The van der Waals surface area contributed by atoms with E-state index in [1.165, 1.54) is 23.1 Å². The lowest BCUT2D eigenvalue weighted by Gasteiger charge is -2.25. The molecule has 1 unspecified atom stereocenters. The predicted octanol–water partition coefficient (Wildman–Crippen LogP) is 3.20. The number of amides is 1. The summed E-state index contributed by atoms with van der Waals surface area (Å²) in [7, 11) is 0. The normalized spacial score (nSPS) is 16.4. The van der Waals surface area contributed by atoms with Gasteiger partial charge in [0, 0.05) is 16.8 Å². The summed E-state index contributed by atoms with van der Waals surface area (Å²) in [6, 6.07) is 9.15. The third kappa shape index (κ3) is 2.76. The molecule has 0 fully saturated rings. The van der Waals surface area contributed by atoms with E-state index in [1.807, 2.05) is 19.9 Å². The van der Waals surface area contributed by atoms with Gasteiger partial charge in [-0.2, -0.15) is 0 Å². The van der Waals surface area contributed by atoms with Gasteiger partial charge in [0.25, 0.3) is 5.91 Å². The van der Waals surface area contributed by atoms with E-state index in [0.29, 0.717) is 16.8 Å². The lowest BCUT2D eigenvalue weighted by molar-refractivity contribution is -0.144. The van der Waals surface area contributed by atoms with Crippen molar-refractivity contribution < 1.29 is 23.8 Å². The van der Waals surface area contributed by atoms with E-state index in [4.69, 9.17) is 9.84 Å². The lowest BCUT2D eigenvalue weighted by atomic mass is 10.0. The molecule has 2 aromatic rings. The van der Waals surface area contributed by atoms with Crippen molar-refractivity contribution in [3.05, 3.63) is 64.5 Å². The number of aliphatic carboxylic acids is 1. The van der Waals surface area contributed by atoms with Crippen LogP contribution in [0, 0.1) is 19.7 Å². The Morgan fingerprint density at radius 3 is 2.62 bits per heavy atom. The van der Waals surface area contributed by atoms with Crippen LogP contribution in [0.5, 0.6) is 0 Å². The number of benzene rings is 2. The Morgan fingerprint density at radius 2 is 1.96 bits per heavy atom. The van der Waals surface area contributed by atoms with Crippen molar-refractivity contribution >= 4 is 17.6 Å². The average molecular weight is 329 g/mol. The van der Waals surface area contributed by atoms with Crippen molar-refractivity contribution in [2.75, 3.05) is 11.5 Å². The molecule has 3 rings (SSSR count). The van der Waals surface area contributed by atoms with E-state index in [0.717, 1.165) is 11.1 Å². The van der Waals surface area contributed by atoms with Gasteiger partial charge >= 0.3 is 5.97 Å². The fraction of sp³-hybridized carbons (Fsp3) is 0.222. The monoisotopic (exact) mass is 329 g/mol. The minimum Gasteiger partial charge on any atom is -0.480 e. The van der Waals surface area contributed by atoms with Crippen molar-refractivity contribution in [2.24, 2.45) is 0 Å². The second kappa shape index (κ2) is 6.05. The number of carboxylic acid groups (broad SMARTS) is 1. The molecule has 1 amide bonds. The van der Waals surface area contributed by atoms with E-state index in [-0.39, 0.29) is 5.91 Å². The summed E-state index contributed by atoms with van der Waals surface area (Å²) in [6.45, 7) is 3.23. The predicted molar refractivity (Wildman–Crippen MR) is 85.5 cm³/mol. The summed E-state index contributed by atoms with van der Waals surface area (Å²) in [4.78, 5) is 25.0. The Kier molecular flexibility index (Phi) is 4.07. The molecule has 5 nitrogen and oxygen atoms in total. The van der Waals surface area contributed by atoms with Gasteiger partial charge in [-0.15, -0.1) is 0 Å². The Bertz CT molecular complexity index is 834. The summed E-state index contributed by atoms with van der Waals surface area (Å²) >= 11 is 0. The van der Waals surface area contributed by atoms with Crippen LogP contribution in [0.2, 0.25) is 0 Å². The van der Waals surface area contributed by atoms with Crippen molar-refractivity contribution in [1.29, 1.82) is 0 Å². The topological polar surface area (TPSA) is 66.8 Å². The van der Waals surface area contributed by atoms with Crippen LogP contribution in [0.15, 0.2) is 36.4 Å². The molecule has 124 valence electrons. The molecular formula is C18H16FNO4. The zero-order valence-corrected chi connectivity index (χ0v) is 13.2. The SMILES string of the molecule is Cc1cc2c(cc1C)C(OCC(=O)O)N(c1cccc(F)c1)C2=O. The molecule has 0 saturated heterocycles. The highest BCUT2D eigenvalue weighted by molar-refractivity contribution is 6.11. The van der Waals surface area contributed by atoms with Gasteiger partial charge in [-0.1, -0.05) is 12.1 Å². The Morgan fingerprint density at radius 1 is 1.25 bits per heavy atom. The maximum Gasteiger partial charge on any atom is 0.329 e. The number of ether oxygens (including phenoxy) is 1. The standard InChI is InChI=1S/C18H16FNO4/c1-10-6-14-15(7-11(10)2)18(24-9-16(21)22)20(17(14)23)13-5-3-4-12(19)8-13/h3-8,18H,9H2,1-2H3,(H,21,22). The van der Waals surface area contributed by atoms with Crippen LogP contribution in [0.25, 0.3) is 0 Å². The molecule has 0 aliphatic carbocycles. The van der Waals surface area contributed by atoms with Gasteiger partial charge in [-0.25, -0.2) is 9.18 Å². The Balaban J connectivity index is 2.10. The first kappa shape index (κ1) is 16.1. The van der Waals surface area contributed by atoms with Gasteiger partial charge in [0.15, 0.2) is 6.23 Å². The molecule has 6 heteroatoms. The fourth-order valence-electron chi connectivity index (χ4n) is 2.80. The zero-order valence-electron chi connectivity index (χ0n) is 13.2. The van der Waals surface area contributed by atoms with E-state index < -0.39 is 24.6 Å². The van der Waals surface area contributed by atoms with Gasteiger partial charge in [-0.3, -0.25) is 9.69 Å². The second-order valence-electron chi connectivity index (χ2n) is 5.74.